The van der Waals surface area contributed by atoms with E-state index in [0.717, 1.165) is 0 Å². The number of carbonyl (C=O) groups excluding carboxylic acids is 1. The van der Waals surface area contributed by atoms with Crippen molar-refractivity contribution in [2.24, 2.45) is 5.73 Å². The van der Waals surface area contributed by atoms with Gasteiger partial charge in [0.25, 0.3) is 0 Å². The minimum absolute atomic E-state index is 0.477. The summed E-state index contributed by atoms with van der Waals surface area (Å²) >= 11 is 0. The van der Waals surface area contributed by atoms with Gasteiger partial charge < -0.3 is 16.2 Å². The molecule has 1 fully saturated rings. The number of rotatable bonds is 2. The van der Waals surface area contributed by atoms with Crippen molar-refractivity contribution in [1.29, 1.82) is 0 Å². The molecule has 4 N–H and O–H groups in total. The lowest BCUT2D eigenvalue weighted by Crippen LogP contribution is -2.45. The Morgan fingerprint density at radius 2 is 2.00 bits per heavy atom. The van der Waals surface area contributed by atoms with E-state index in [4.69, 9.17) is 10.8 Å². The molecular formula is C5H8N2O3. The quantitative estimate of drug-likeness (QED) is 0.477. The Morgan fingerprint density at radius 3 is 2.10 bits per heavy atom. The van der Waals surface area contributed by atoms with Crippen LogP contribution in [0.5, 0.6) is 0 Å². The van der Waals surface area contributed by atoms with E-state index < -0.39 is 17.5 Å². The molecule has 0 bridgehead atoms. The standard InChI is InChI=1S/C5H8N2O3/c6-4(10)7-5(1-2-5)3(8)9/h1-2H2,(H,8,9)(H3,6,7,10). The maximum atomic E-state index is 10.3. The lowest BCUT2D eigenvalue weighted by atomic mass is 10.3. The number of nitrogens with one attached hydrogen (secondary N) is 1. The molecule has 56 valence electrons. The third-order valence-corrected chi connectivity index (χ3v) is 1.52. The van der Waals surface area contributed by atoms with Crippen molar-refractivity contribution in [3.63, 3.8) is 0 Å². The molecule has 0 aliphatic heterocycles. The van der Waals surface area contributed by atoms with Gasteiger partial charge in [-0.2, -0.15) is 0 Å². The molecule has 0 spiro atoms. The van der Waals surface area contributed by atoms with Gasteiger partial charge in [-0.05, 0) is 12.8 Å². The summed E-state index contributed by atoms with van der Waals surface area (Å²) in [6.45, 7) is 0. The first-order valence-electron chi connectivity index (χ1n) is 2.88. The van der Waals surface area contributed by atoms with Gasteiger partial charge in [-0.25, -0.2) is 9.59 Å². The SMILES string of the molecule is NC(=O)NC1(C(=O)O)CC1. The third kappa shape index (κ3) is 1.02. The van der Waals surface area contributed by atoms with Crippen LogP contribution < -0.4 is 11.1 Å². The Balaban J connectivity index is 2.53. The minimum atomic E-state index is -1.04. The van der Waals surface area contributed by atoms with E-state index in [0.29, 0.717) is 12.8 Å². The second-order valence-electron chi connectivity index (χ2n) is 2.38. The molecule has 1 rings (SSSR count). The summed E-state index contributed by atoms with van der Waals surface area (Å²) in [5.74, 6) is -1.01. The van der Waals surface area contributed by atoms with Crippen LogP contribution in [0.4, 0.5) is 4.79 Å². The van der Waals surface area contributed by atoms with E-state index in [1.165, 1.54) is 0 Å². The predicted molar refractivity (Wildman–Crippen MR) is 32.3 cm³/mol. The van der Waals surface area contributed by atoms with E-state index >= 15 is 0 Å². The number of hydrogen-bond acceptors (Lipinski definition) is 2. The highest BCUT2D eigenvalue weighted by Crippen LogP contribution is 2.35. The number of primary amides is 1. The van der Waals surface area contributed by atoms with Gasteiger partial charge in [-0.3, -0.25) is 0 Å². The van der Waals surface area contributed by atoms with Gasteiger partial charge in [0.15, 0.2) is 0 Å². The van der Waals surface area contributed by atoms with Crippen LogP contribution in [0.2, 0.25) is 0 Å². The maximum absolute atomic E-state index is 10.3. The predicted octanol–water partition coefficient (Wildman–Crippen LogP) is -0.728. The Labute approximate surface area is 57.2 Å². The van der Waals surface area contributed by atoms with Crippen molar-refractivity contribution < 1.29 is 14.7 Å². The highest BCUT2D eigenvalue weighted by molar-refractivity contribution is 5.88. The second-order valence-corrected chi connectivity index (χ2v) is 2.38. The van der Waals surface area contributed by atoms with Crippen molar-refractivity contribution in [3.05, 3.63) is 0 Å². The Bertz CT molecular complexity index is 185. The molecule has 0 heterocycles. The molecule has 5 heteroatoms. The number of carboxylic acids is 1. The first-order chi connectivity index (χ1) is 4.57. The van der Waals surface area contributed by atoms with Crippen molar-refractivity contribution >= 4 is 12.0 Å². The zero-order valence-corrected chi connectivity index (χ0v) is 5.26. The molecule has 2 amide bonds. The number of carboxylic acid groups (broad SMARTS) is 1. The van der Waals surface area contributed by atoms with Gasteiger partial charge in [0.1, 0.15) is 5.54 Å². The van der Waals surface area contributed by atoms with Crippen molar-refractivity contribution in [3.8, 4) is 0 Å². The van der Waals surface area contributed by atoms with Crippen LogP contribution in [0, 0.1) is 0 Å². The van der Waals surface area contributed by atoms with Gasteiger partial charge in [-0.1, -0.05) is 0 Å². The minimum Gasteiger partial charge on any atom is -0.480 e. The lowest BCUT2D eigenvalue weighted by molar-refractivity contribution is -0.140. The molecule has 0 atom stereocenters. The first kappa shape index (κ1) is 6.85. The van der Waals surface area contributed by atoms with E-state index in [2.05, 4.69) is 5.32 Å². The van der Waals surface area contributed by atoms with Crippen LogP contribution in [0.1, 0.15) is 12.8 Å². The Hall–Kier alpha value is -1.26. The molecule has 0 unspecified atom stereocenters. The largest absolute Gasteiger partial charge is 0.480 e. The van der Waals surface area contributed by atoms with Crippen LogP contribution in [0.3, 0.4) is 0 Å². The number of amides is 2. The normalized spacial score (nSPS) is 19.6. The van der Waals surface area contributed by atoms with Crippen LogP contribution in [0.25, 0.3) is 0 Å². The van der Waals surface area contributed by atoms with Crippen LogP contribution in [-0.2, 0) is 4.79 Å². The van der Waals surface area contributed by atoms with Gasteiger partial charge in [-0.15, -0.1) is 0 Å². The number of aliphatic carboxylic acids is 1. The zero-order chi connectivity index (χ0) is 7.78. The summed E-state index contributed by atoms with van der Waals surface area (Å²) in [5, 5.41) is 10.7. The molecule has 10 heavy (non-hydrogen) atoms. The fraction of sp³-hybridized carbons (Fsp3) is 0.600. The highest BCUT2D eigenvalue weighted by atomic mass is 16.4. The molecule has 0 saturated heterocycles. The Kier molecular flexibility index (Phi) is 1.28. The average molecular weight is 144 g/mol. The fourth-order valence-corrected chi connectivity index (χ4v) is 0.753. The summed E-state index contributed by atoms with van der Waals surface area (Å²) in [6.07, 6.45) is 0.955. The van der Waals surface area contributed by atoms with E-state index in [9.17, 15) is 9.59 Å². The van der Waals surface area contributed by atoms with Crippen LogP contribution in [0.15, 0.2) is 0 Å². The molecule has 1 aliphatic carbocycles. The van der Waals surface area contributed by atoms with Gasteiger partial charge in [0.05, 0.1) is 0 Å². The molecule has 1 saturated carbocycles. The molecule has 0 aromatic rings. The summed E-state index contributed by atoms with van der Waals surface area (Å²) in [6, 6.07) is -0.778. The fourth-order valence-electron chi connectivity index (χ4n) is 0.753. The summed E-state index contributed by atoms with van der Waals surface area (Å²) in [5.41, 5.74) is 3.71. The summed E-state index contributed by atoms with van der Waals surface area (Å²) in [7, 11) is 0. The van der Waals surface area contributed by atoms with E-state index in [1.807, 2.05) is 0 Å². The van der Waals surface area contributed by atoms with Gasteiger partial charge in [0.2, 0.25) is 0 Å². The van der Waals surface area contributed by atoms with E-state index in [-0.39, 0.29) is 0 Å². The number of urea groups is 1. The Morgan fingerprint density at radius 1 is 1.50 bits per heavy atom. The van der Waals surface area contributed by atoms with Crippen molar-refractivity contribution in [1.82, 2.24) is 5.32 Å². The molecule has 0 aromatic carbocycles. The number of nitrogens with two attached hydrogens (primary N) is 1. The number of hydrogen-bond donors (Lipinski definition) is 3. The average Bonchev–Trinajstić information content (AvgIpc) is 2.46. The maximum Gasteiger partial charge on any atom is 0.329 e. The smallest absolute Gasteiger partial charge is 0.329 e. The van der Waals surface area contributed by atoms with Gasteiger partial charge in [0, 0.05) is 0 Å². The van der Waals surface area contributed by atoms with E-state index in [1.54, 1.807) is 0 Å². The monoisotopic (exact) mass is 144 g/mol. The number of carbonyl (C=O) groups is 2. The molecular weight excluding hydrogens is 136 g/mol. The topological polar surface area (TPSA) is 92.4 Å². The molecule has 5 nitrogen and oxygen atoms in total. The second kappa shape index (κ2) is 1.86. The zero-order valence-electron chi connectivity index (χ0n) is 5.26. The molecule has 0 radical (unpaired) electrons. The van der Waals surface area contributed by atoms with Crippen LogP contribution in [-0.4, -0.2) is 22.6 Å². The van der Waals surface area contributed by atoms with Gasteiger partial charge >= 0.3 is 12.0 Å². The lowest BCUT2D eigenvalue weighted by Gasteiger charge is -2.08. The van der Waals surface area contributed by atoms with Crippen molar-refractivity contribution in [2.75, 3.05) is 0 Å². The highest BCUT2D eigenvalue weighted by Gasteiger charge is 2.51. The summed E-state index contributed by atoms with van der Waals surface area (Å²) in [4.78, 5) is 20.6. The van der Waals surface area contributed by atoms with Crippen molar-refractivity contribution in [2.45, 2.75) is 18.4 Å². The first-order valence-corrected chi connectivity index (χ1v) is 2.88. The third-order valence-electron chi connectivity index (χ3n) is 1.52. The molecule has 0 aromatic heterocycles. The van der Waals surface area contributed by atoms with Crippen LogP contribution >= 0.6 is 0 Å². The molecule has 1 aliphatic rings. The summed E-state index contributed by atoms with van der Waals surface area (Å²) < 4.78 is 0.